The van der Waals surface area contributed by atoms with E-state index >= 15 is 0 Å². The SMILES string of the molecule is CC(Nc1cnc(Cl)c(Br)c1)c1cncs1. The Kier molecular flexibility index (Phi) is 3.78. The minimum atomic E-state index is 0.211. The average Bonchev–Trinajstić information content (AvgIpc) is 2.77. The van der Waals surface area contributed by atoms with Crippen molar-refractivity contribution in [3.05, 3.63) is 38.5 Å². The summed E-state index contributed by atoms with van der Waals surface area (Å²) in [4.78, 5) is 9.29. The normalized spacial score (nSPS) is 12.4. The smallest absolute Gasteiger partial charge is 0.143 e. The van der Waals surface area contributed by atoms with Crippen molar-refractivity contribution in [1.29, 1.82) is 0 Å². The van der Waals surface area contributed by atoms with Gasteiger partial charge in [0.15, 0.2) is 0 Å². The number of rotatable bonds is 3. The van der Waals surface area contributed by atoms with E-state index in [-0.39, 0.29) is 6.04 Å². The fraction of sp³-hybridized carbons (Fsp3) is 0.200. The molecule has 0 saturated carbocycles. The molecular weight excluding hydrogens is 310 g/mol. The summed E-state index contributed by atoms with van der Waals surface area (Å²) >= 11 is 10.8. The Morgan fingerprint density at radius 1 is 1.50 bits per heavy atom. The molecule has 1 atom stereocenters. The summed E-state index contributed by atoms with van der Waals surface area (Å²) in [5.74, 6) is 0. The quantitative estimate of drug-likeness (QED) is 0.865. The zero-order chi connectivity index (χ0) is 11.5. The second-order valence-corrected chi connectivity index (χ2v) is 5.40. The van der Waals surface area contributed by atoms with Crippen LogP contribution in [0.15, 0.2) is 28.4 Å². The molecular formula is C10H9BrClN3S. The van der Waals surface area contributed by atoms with Gasteiger partial charge in [-0.05, 0) is 28.9 Å². The van der Waals surface area contributed by atoms with E-state index in [1.54, 1.807) is 17.5 Å². The summed E-state index contributed by atoms with van der Waals surface area (Å²) in [6, 6.07) is 2.12. The van der Waals surface area contributed by atoms with Gasteiger partial charge in [-0.1, -0.05) is 11.6 Å². The predicted octanol–water partition coefficient (Wildman–Crippen LogP) is 4.13. The zero-order valence-electron chi connectivity index (χ0n) is 8.45. The third-order valence-corrected chi connectivity index (χ3v) is 4.15. The van der Waals surface area contributed by atoms with Crippen molar-refractivity contribution in [2.45, 2.75) is 13.0 Å². The Morgan fingerprint density at radius 3 is 2.94 bits per heavy atom. The van der Waals surface area contributed by atoms with Crippen molar-refractivity contribution in [2.24, 2.45) is 0 Å². The number of nitrogens with one attached hydrogen (secondary N) is 1. The second kappa shape index (κ2) is 5.12. The number of hydrogen-bond donors (Lipinski definition) is 1. The number of thiazole rings is 1. The van der Waals surface area contributed by atoms with Crippen molar-refractivity contribution in [2.75, 3.05) is 5.32 Å². The highest BCUT2D eigenvalue weighted by Gasteiger charge is 2.08. The molecule has 84 valence electrons. The molecule has 0 saturated heterocycles. The Labute approximate surface area is 111 Å². The number of halogens is 2. The van der Waals surface area contributed by atoms with Gasteiger partial charge in [0.1, 0.15) is 5.15 Å². The maximum Gasteiger partial charge on any atom is 0.143 e. The van der Waals surface area contributed by atoms with Crippen LogP contribution in [0.5, 0.6) is 0 Å². The van der Waals surface area contributed by atoms with Crippen LogP contribution < -0.4 is 5.32 Å². The molecule has 16 heavy (non-hydrogen) atoms. The standard InChI is InChI=1S/C10H9BrClN3S/c1-6(9-4-13-5-16-9)15-7-2-8(11)10(12)14-3-7/h2-6,15H,1H3. The fourth-order valence-electron chi connectivity index (χ4n) is 1.26. The first-order chi connectivity index (χ1) is 7.66. The van der Waals surface area contributed by atoms with Gasteiger partial charge >= 0.3 is 0 Å². The minimum Gasteiger partial charge on any atom is -0.376 e. The molecule has 6 heteroatoms. The Hall–Kier alpha value is -0.650. The Bertz CT molecular complexity index is 475. The lowest BCUT2D eigenvalue weighted by Crippen LogP contribution is -2.05. The molecule has 2 rings (SSSR count). The van der Waals surface area contributed by atoms with Gasteiger partial charge in [-0.2, -0.15) is 0 Å². The summed E-state index contributed by atoms with van der Waals surface area (Å²) in [6.07, 6.45) is 3.57. The fourth-order valence-corrected chi connectivity index (χ4v) is 2.34. The van der Waals surface area contributed by atoms with Crippen LogP contribution in [-0.2, 0) is 0 Å². The first-order valence-electron chi connectivity index (χ1n) is 4.63. The van der Waals surface area contributed by atoms with Gasteiger partial charge in [0, 0.05) is 11.1 Å². The van der Waals surface area contributed by atoms with E-state index in [1.807, 2.05) is 17.8 Å². The molecule has 2 aromatic heterocycles. The monoisotopic (exact) mass is 317 g/mol. The number of pyridine rings is 1. The highest BCUT2D eigenvalue weighted by Crippen LogP contribution is 2.26. The van der Waals surface area contributed by atoms with Gasteiger partial charge in [-0.3, -0.25) is 4.98 Å². The molecule has 0 aliphatic rings. The lowest BCUT2D eigenvalue weighted by atomic mass is 10.3. The van der Waals surface area contributed by atoms with Crippen molar-refractivity contribution >= 4 is 44.6 Å². The molecule has 0 fully saturated rings. The summed E-state index contributed by atoms with van der Waals surface area (Å²) in [5.41, 5.74) is 2.75. The van der Waals surface area contributed by atoms with E-state index in [2.05, 4.69) is 38.1 Å². The molecule has 2 aromatic rings. The number of aromatic nitrogens is 2. The van der Waals surface area contributed by atoms with E-state index in [0.717, 1.165) is 10.2 Å². The van der Waals surface area contributed by atoms with Gasteiger partial charge < -0.3 is 5.32 Å². The van der Waals surface area contributed by atoms with Gasteiger partial charge in [0.2, 0.25) is 0 Å². The molecule has 0 bridgehead atoms. The van der Waals surface area contributed by atoms with Crippen LogP contribution in [0.3, 0.4) is 0 Å². The molecule has 0 radical (unpaired) electrons. The Balaban J connectivity index is 2.12. The van der Waals surface area contributed by atoms with Crippen LogP contribution in [-0.4, -0.2) is 9.97 Å². The molecule has 0 aliphatic carbocycles. The van der Waals surface area contributed by atoms with Gasteiger partial charge in [-0.15, -0.1) is 11.3 Å². The first-order valence-corrected chi connectivity index (χ1v) is 6.68. The van der Waals surface area contributed by atoms with Crippen molar-refractivity contribution < 1.29 is 0 Å². The summed E-state index contributed by atoms with van der Waals surface area (Å²) in [6.45, 7) is 2.08. The van der Waals surface area contributed by atoms with Crippen LogP contribution in [0.25, 0.3) is 0 Å². The molecule has 1 N–H and O–H groups in total. The molecule has 0 aromatic carbocycles. The van der Waals surface area contributed by atoms with Crippen LogP contribution in [0.2, 0.25) is 5.15 Å². The van der Waals surface area contributed by atoms with Gasteiger partial charge in [0.05, 0.1) is 27.9 Å². The molecule has 0 amide bonds. The molecule has 2 heterocycles. The summed E-state index contributed by atoms with van der Waals surface area (Å²) in [5, 5.41) is 3.80. The highest BCUT2D eigenvalue weighted by atomic mass is 79.9. The molecule has 0 spiro atoms. The second-order valence-electron chi connectivity index (χ2n) is 3.27. The number of nitrogens with zero attached hydrogens (tertiary/aromatic N) is 2. The minimum absolute atomic E-state index is 0.211. The van der Waals surface area contributed by atoms with E-state index in [1.165, 1.54) is 4.88 Å². The van der Waals surface area contributed by atoms with Crippen molar-refractivity contribution in [3.63, 3.8) is 0 Å². The van der Waals surface area contributed by atoms with E-state index in [0.29, 0.717) is 5.15 Å². The van der Waals surface area contributed by atoms with Crippen LogP contribution >= 0.6 is 38.9 Å². The molecule has 3 nitrogen and oxygen atoms in total. The largest absolute Gasteiger partial charge is 0.376 e. The maximum absolute atomic E-state index is 5.82. The number of hydrogen-bond acceptors (Lipinski definition) is 4. The molecule has 1 unspecified atom stereocenters. The summed E-state index contributed by atoms with van der Waals surface area (Å²) < 4.78 is 0.788. The lowest BCUT2D eigenvalue weighted by Gasteiger charge is -2.13. The highest BCUT2D eigenvalue weighted by molar-refractivity contribution is 9.10. The third kappa shape index (κ3) is 2.72. The van der Waals surface area contributed by atoms with E-state index in [9.17, 15) is 0 Å². The first kappa shape index (κ1) is 11.8. The predicted molar refractivity (Wildman–Crippen MR) is 71.1 cm³/mol. The van der Waals surface area contributed by atoms with E-state index in [4.69, 9.17) is 11.6 Å². The topological polar surface area (TPSA) is 37.8 Å². The zero-order valence-corrected chi connectivity index (χ0v) is 11.6. The lowest BCUT2D eigenvalue weighted by molar-refractivity contribution is 0.901. The maximum atomic E-state index is 5.82. The molecule has 0 aliphatic heterocycles. The van der Waals surface area contributed by atoms with Crippen molar-refractivity contribution in [3.8, 4) is 0 Å². The summed E-state index contributed by atoms with van der Waals surface area (Å²) in [7, 11) is 0. The number of anilines is 1. The van der Waals surface area contributed by atoms with Crippen LogP contribution in [0.4, 0.5) is 5.69 Å². The van der Waals surface area contributed by atoms with Gasteiger partial charge in [-0.25, -0.2) is 4.98 Å². The average molecular weight is 319 g/mol. The third-order valence-electron chi connectivity index (χ3n) is 2.06. The van der Waals surface area contributed by atoms with Gasteiger partial charge in [0.25, 0.3) is 0 Å². The van der Waals surface area contributed by atoms with E-state index < -0.39 is 0 Å². The van der Waals surface area contributed by atoms with Crippen molar-refractivity contribution in [1.82, 2.24) is 9.97 Å². The van der Waals surface area contributed by atoms with Crippen LogP contribution in [0, 0.1) is 0 Å². The Morgan fingerprint density at radius 2 is 2.31 bits per heavy atom. The van der Waals surface area contributed by atoms with Crippen LogP contribution in [0.1, 0.15) is 17.8 Å².